The SMILES string of the molecule is CC(=O)CC[C@H](CC(=O)[C@H](C)NC(=O)[C@H](N)CC(C)C)C(=O)Nc1ccc(CO)cc1. The van der Waals surface area contributed by atoms with Crippen molar-refractivity contribution in [2.75, 3.05) is 5.32 Å². The predicted octanol–water partition coefficient (Wildman–Crippen LogP) is 1.94. The number of carbonyl (C=O) groups is 4. The van der Waals surface area contributed by atoms with E-state index in [1.54, 1.807) is 31.2 Å². The average molecular weight is 434 g/mol. The van der Waals surface area contributed by atoms with Gasteiger partial charge in [-0.25, -0.2) is 0 Å². The third kappa shape index (κ3) is 9.85. The van der Waals surface area contributed by atoms with Crippen molar-refractivity contribution in [2.45, 2.75) is 72.1 Å². The summed E-state index contributed by atoms with van der Waals surface area (Å²) in [6.45, 7) is 6.81. The van der Waals surface area contributed by atoms with Crippen LogP contribution in [0.25, 0.3) is 0 Å². The van der Waals surface area contributed by atoms with Gasteiger partial charge in [0.15, 0.2) is 5.78 Å². The monoisotopic (exact) mass is 433 g/mol. The Labute approximate surface area is 184 Å². The van der Waals surface area contributed by atoms with Crippen LogP contribution in [0.15, 0.2) is 24.3 Å². The van der Waals surface area contributed by atoms with Crippen LogP contribution in [0.4, 0.5) is 5.69 Å². The molecule has 0 aliphatic rings. The Kier molecular flexibility index (Phi) is 11.1. The lowest BCUT2D eigenvalue weighted by Crippen LogP contribution is -2.48. The molecule has 0 aliphatic heterocycles. The van der Waals surface area contributed by atoms with Crippen LogP contribution in [0, 0.1) is 11.8 Å². The van der Waals surface area contributed by atoms with Gasteiger partial charge in [0.1, 0.15) is 5.78 Å². The molecule has 0 aromatic heterocycles. The molecule has 8 heteroatoms. The highest BCUT2D eigenvalue weighted by Crippen LogP contribution is 2.18. The summed E-state index contributed by atoms with van der Waals surface area (Å²) in [6.07, 6.45) is 0.810. The minimum atomic E-state index is -0.790. The first-order valence-corrected chi connectivity index (χ1v) is 10.6. The van der Waals surface area contributed by atoms with E-state index in [-0.39, 0.29) is 49.3 Å². The molecule has 0 saturated heterocycles. The van der Waals surface area contributed by atoms with Crippen LogP contribution >= 0.6 is 0 Å². The standard InChI is InChI=1S/C23H35N3O5/c1-14(2)11-20(24)23(31)25-16(4)21(29)12-18(8-5-15(3)28)22(30)26-19-9-6-17(13-27)7-10-19/h6-7,9-10,14,16,18,20,27H,5,8,11-13,24H2,1-4H3,(H,25,31)(H,26,30)/t16-,18+,20+/m0/s1. The van der Waals surface area contributed by atoms with Crippen molar-refractivity contribution >= 4 is 29.1 Å². The Morgan fingerprint density at radius 1 is 1.03 bits per heavy atom. The number of hydrogen-bond acceptors (Lipinski definition) is 6. The minimum absolute atomic E-state index is 0.0708. The minimum Gasteiger partial charge on any atom is -0.392 e. The van der Waals surface area contributed by atoms with Gasteiger partial charge in [0, 0.05) is 24.4 Å². The van der Waals surface area contributed by atoms with E-state index >= 15 is 0 Å². The summed E-state index contributed by atoms with van der Waals surface area (Å²) >= 11 is 0. The van der Waals surface area contributed by atoms with Crippen LogP contribution in [0.1, 0.15) is 58.9 Å². The molecule has 1 aromatic rings. The van der Waals surface area contributed by atoms with Gasteiger partial charge in [-0.1, -0.05) is 26.0 Å². The second-order valence-corrected chi connectivity index (χ2v) is 8.42. The number of Topliss-reactive ketones (excluding diaryl/α,β-unsaturated/α-hetero) is 2. The van der Waals surface area contributed by atoms with E-state index in [0.717, 1.165) is 0 Å². The van der Waals surface area contributed by atoms with E-state index in [1.165, 1.54) is 6.92 Å². The average Bonchev–Trinajstić information content (AvgIpc) is 2.70. The van der Waals surface area contributed by atoms with Crippen LogP contribution < -0.4 is 16.4 Å². The largest absolute Gasteiger partial charge is 0.392 e. The molecule has 1 aromatic carbocycles. The molecular formula is C23H35N3O5. The van der Waals surface area contributed by atoms with Gasteiger partial charge in [-0.2, -0.15) is 0 Å². The zero-order valence-corrected chi connectivity index (χ0v) is 18.8. The highest BCUT2D eigenvalue weighted by atomic mass is 16.3. The van der Waals surface area contributed by atoms with E-state index in [4.69, 9.17) is 10.8 Å². The Morgan fingerprint density at radius 2 is 1.65 bits per heavy atom. The highest BCUT2D eigenvalue weighted by Gasteiger charge is 2.27. The lowest BCUT2D eigenvalue weighted by Gasteiger charge is -2.21. The van der Waals surface area contributed by atoms with E-state index < -0.39 is 23.9 Å². The number of hydrogen-bond donors (Lipinski definition) is 4. The first-order chi connectivity index (χ1) is 14.5. The Balaban J connectivity index is 2.77. The quantitative estimate of drug-likeness (QED) is 0.375. The van der Waals surface area contributed by atoms with Crippen LogP contribution in [0.2, 0.25) is 0 Å². The zero-order valence-electron chi connectivity index (χ0n) is 18.8. The van der Waals surface area contributed by atoms with Crippen LogP contribution in [-0.4, -0.2) is 40.6 Å². The maximum Gasteiger partial charge on any atom is 0.237 e. The van der Waals surface area contributed by atoms with Gasteiger partial charge in [0.05, 0.1) is 18.7 Å². The third-order valence-corrected chi connectivity index (χ3v) is 4.97. The molecule has 0 unspecified atom stereocenters. The second-order valence-electron chi connectivity index (χ2n) is 8.42. The van der Waals surface area contributed by atoms with Gasteiger partial charge in [0.2, 0.25) is 11.8 Å². The summed E-state index contributed by atoms with van der Waals surface area (Å²) in [5, 5.41) is 14.5. The Hall–Kier alpha value is -2.58. The number of aliphatic hydroxyl groups excluding tert-OH is 1. The molecule has 0 aliphatic carbocycles. The van der Waals surface area contributed by atoms with Crippen molar-refractivity contribution in [2.24, 2.45) is 17.6 Å². The molecular weight excluding hydrogens is 398 g/mol. The van der Waals surface area contributed by atoms with Crippen molar-refractivity contribution in [3.8, 4) is 0 Å². The summed E-state index contributed by atoms with van der Waals surface area (Å²) in [5.41, 5.74) is 7.10. The normalized spacial score (nSPS) is 13.9. The predicted molar refractivity (Wildman–Crippen MR) is 119 cm³/mol. The van der Waals surface area contributed by atoms with E-state index in [1.807, 2.05) is 13.8 Å². The van der Waals surface area contributed by atoms with Crippen molar-refractivity contribution in [1.82, 2.24) is 5.32 Å². The second kappa shape index (κ2) is 13.0. The maximum absolute atomic E-state index is 12.8. The summed E-state index contributed by atoms with van der Waals surface area (Å²) < 4.78 is 0. The van der Waals surface area contributed by atoms with Crippen molar-refractivity contribution in [3.63, 3.8) is 0 Å². The van der Waals surface area contributed by atoms with Gasteiger partial charge in [0.25, 0.3) is 0 Å². The molecule has 31 heavy (non-hydrogen) atoms. The number of rotatable bonds is 13. The molecule has 0 spiro atoms. The molecule has 0 heterocycles. The fourth-order valence-electron chi connectivity index (χ4n) is 3.08. The molecule has 0 bridgehead atoms. The fourth-order valence-corrected chi connectivity index (χ4v) is 3.08. The molecule has 1 rings (SSSR count). The lowest BCUT2D eigenvalue weighted by atomic mass is 9.92. The van der Waals surface area contributed by atoms with E-state index in [2.05, 4.69) is 10.6 Å². The van der Waals surface area contributed by atoms with Gasteiger partial charge in [-0.15, -0.1) is 0 Å². The molecule has 5 N–H and O–H groups in total. The number of benzene rings is 1. The number of anilines is 1. The van der Waals surface area contributed by atoms with Gasteiger partial charge < -0.3 is 26.3 Å². The Bertz CT molecular complexity index is 761. The van der Waals surface area contributed by atoms with Crippen molar-refractivity contribution in [3.05, 3.63) is 29.8 Å². The highest BCUT2D eigenvalue weighted by molar-refractivity contribution is 5.97. The lowest BCUT2D eigenvalue weighted by molar-refractivity contribution is -0.130. The topological polar surface area (TPSA) is 139 Å². The number of aliphatic hydroxyl groups is 1. The summed E-state index contributed by atoms with van der Waals surface area (Å²) in [5.74, 6) is -1.61. The summed E-state index contributed by atoms with van der Waals surface area (Å²) in [7, 11) is 0. The van der Waals surface area contributed by atoms with Gasteiger partial charge in [-0.3, -0.25) is 14.4 Å². The molecule has 2 amide bonds. The maximum atomic E-state index is 12.8. The fraction of sp³-hybridized carbons (Fsp3) is 0.565. The van der Waals surface area contributed by atoms with Crippen LogP contribution in [0.5, 0.6) is 0 Å². The molecule has 172 valence electrons. The van der Waals surface area contributed by atoms with E-state index in [0.29, 0.717) is 17.7 Å². The summed E-state index contributed by atoms with van der Waals surface area (Å²) in [4.78, 5) is 49.0. The number of nitrogens with two attached hydrogens (primary N) is 1. The van der Waals surface area contributed by atoms with E-state index in [9.17, 15) is 19.2 Å². The third-order valence-electron chi connectivity index (χ3n) is 4.97. The number of amides is 2. The smallest absolute Gasteiger partial charge is 0.237 e. The Morgan fingerprint density at radius 3 is 2.16 bits per heavy atom. The molecule has 0 saturated carbocycles. The van der Waals surface area contributed by atoms with Gasteiger partial charge in [-0.05, 0) is 50.3 Å². The van der Waals surface area contributed by atoms with Crippen LogP contribution in [0.3, 0.4) is 0 Å². The summed E-state index contributed by atoms with van der Waals surface area (Å²) in [6, 6.07) is 5.20. The number of ketones is 2. The first-order valence-electron chi connectivity index (χ1n) is 10.6. The van der Waals surface area contributed by atoms with Crippen molar-refractivity contribution < 1.29 is 24.3 Å². The molecule has 0 radical (unpaired) electrons. The first kappa shape index (κ1) is 26.5. The molecule has 3 atom stereocenters. The molecule has 8 nitrogen and oxygen atoms in total. The molecule has 0 fully saturated rings. The number of carbonyl (C=O) groups excluding carboxylic acids is 4. The van der Waals surface area contributed by atoms with Crippen LogP contribution in [-0.2, 0) is 25.8 Å². The number of nitrogens with one attached hydrogen (secondary N) is 2. The van der Waals surface area contributed by atoms with Crippen molar-refractivity contribution in [1.29, 1.82) is 0 Å². The van der Waals surface area contributed by atoms with Gasteiger partial charge >= 0.3 is 0 Å². The zero-order chi connectivity index (χ0) is 23.6.